The van der Waals surface area contributed by atoms with Crippen LogP contribution in [0.25, 0.3) is 0 Å². The predicted molar refractivity (Wildman–Crippen MR) is 126 cm³/mol. The fraction of sp³-hybridized carbons (Fsp3) is 0.304. The molecule has 8 nitrogen and oxygen atoms in total. The maximum atomic E-state index is 11.4. The van der Waals surface area contributed by atoms with Gasteiger partial charge in [-0.15, -0.1) is 0 Å². The van der Waals surface area contributed by atoms with E-state index in [9.17, 15) is 8.42 Å². The van der Waals surface area contributed by atoms with Gasteiger partial charge in [0.05, 0.1) is 17.0 Å². The second-order valence-corrected chi connectivity index (χ2v) is 10.3. The molecule has 0 fully saturated rings. The van der Waals surface area contributed by atoms with Gasteiger partial charge < -0.3 is 14.2 Å². The highest BCUT2D eigenvalue weighted by molar-refractivity contribution is 7.91. The second kappa shape index (κ2) is 9.07. The first kappa shape index (κ1) is 23.1. The quantitative estimate of drug-likeness (QED) is 0.531. The van der Waals surface area contributed by atoms with Gasteiger partial charge >= 0.3 is 0 Å². The number of benzene rings is 2. The number of fused-ring (bicyclic) bond motifs is 1. The van der Waals surface area contributed by atoms with Crippen LogP contribution in [0.3, 0.4) is 0 Å². The Hall–Kier alpha value is -3.04. The Morgan fingerprint density at radius 1 is 1.09 bits per heavy atom. The summed E-state index contributed by atoms with van der Waals surface area (Å²) >= 11 is 6.44. The fourth-order valence-corrected chi connectivity index (χ4v) is 4.15. The molecule has 0 spiro atoms. The van der Waals surface area contributed by atoms with Crippen molar-refractivity contribution in [1.82, 2.24) is 9.97 Å². The van der Waals surface area contributed by atoms with Crippen molar-refractivity contribution in [3.05, 3.63) is 70.5 Å². The Balaban J connectivity index is 1.47. The van der Waals surface area contributed by atoms with Gasteiger partial charge in [-0.2, -0.15) is 0 Å². The average Bonchev–Trinajstić information content (AvgIpc) is 2.77. The van der Waals surface area contributed by atoms with Crippen molar-refractivity contribution >= 4 is 27.6 Å². The molecule has 174 valence electrons. The highest BCUT2D eigenvalue weighted by Gasteiger charge is 2.27. The second-order valence-electron chi connectivity index (χ2n) is 8.17. The number of nitrogens with one attached hydrogen (secondary N) is 1. The molecule has 1 aromatic heterocycles. The van der Waals surface area contributed by atoms with Crippen molar-refractivity contribution in [1.29, 1.82) is 0 Å². The maximum Gasteiger partial charge on any atom is 0.236 e. The summed E-state index contributed by atoms with van der Waals surface area (Å²) in [6.07, 6.45) is 2.52. The molecule has 4 rings (SSSR count). The van der Waals surface area contributed by atoms with E-state index in [-0.39, 0.29) is 18.0 Å². The van der Waals surface area contributed by atoms with Crippen LogP contribution in [0.4, 0.5) is 5.95 Å². The van der Waals surface area contributed by atoms with E-state index in [2.05, 4.69) is 28.5 Å². The molecule has 0 atom stereocenters. The van der Waals surface area contributed by atoms with Crippen LogP contribution in [0.2, 0.25) is 5.02 Å². The Kier molecular flexibility index (Phi) is 6.36. The van der Waals surface area contributed by atoms with Gasteiger partial charge in [0.15, 0.2) is 11.5 Å². The monoisotopic (exact) mass is 489 g/mol. The van der Waals surface area contributed by atoms with E-state index < -0.39 is 10.0 Å². The zero-order valence-corrected chi connectivity index (χ0v) is 20.0. The number of halogens is 1. The van der Waals surface area contributed by atoms with E-state index in [0.717, 1.165) is 17.4 Å². The number of anilines is 1. The lowest BCUT2D eigenvalue weighted by molar-refractivity contribution is 0.171. The fourth-order valence-electron chi connectivity index (χ4n) is 3.45. The molecule has 2 heterocycles. The van der Waals surface area contributed by atoms with Gasteiger partial charge in [0, 0.05) is 11.6 Å². The molecular formula is C23H24ClN3O5S. The summed E-state index contributed by atoms with van der Waals surface area (Å²) in [5, 5.41) is 0.532. The van der Waals surface area contributed by atoms with Crippen LogP contribution < -0.4 is 18.9 Å². The van der Waals surface area contributed by atoms with Gasteiger partial charge in [-0.3, -0.25) is 4.72 Å². The predicted octanol–water partition coefficient (Wildman–Crippen LogP) is 4.18. The SMILES string of the molecule is CC(C)(c1ccc(OCc2ccnc(NS(C)(=O)=O)n2)cc1)c1cc(Cl)c2c(c1)OCCO2. The standard InChI is InChI=1S/C23H24ClN3O5S/c1-23(2,16-12-19(24)21-20(13-16)30-10-11-31-21)15-4-6-18(7-5-15)32-14-17-8-9-25-22(26-17)27-33(3,28)29/h4-9,12-13H,10-11,14H2,1-3H3,(H,25,26,27). The highest BCUT2D eigenvalue weighted by atomic mass is 35.5. The van der Waals surface area contributed by atoms with E-state index in [4.69, 9.17) is 25.8 Å². The van der Waals surface area contributed by atoms with Gasteiger partial charge in [0.1, 0.15) is 25.6 Å². The summed E-state index contributed by atoms with van der Waals surface area (Å²) in [5.41, 5.74) is 2.30. The van der Waals surface area contributed by atoms with Crippen LogP contribution >= 0.6 is 11.6 Å². The molecule has 33 heavy (non-hydrogen) atoms. The van der Waals surface area contributed by atoms with Gasteiger partial charge in [-0.25, -0.2) is 18.4 Å². The number of ether oxygens (including phenoxy) is 3. The van der Waals surface area contributed by atoms with Crippen molar-refractivity contribution in [3.8, 4) is 17.2 Å². The molecule has 0 radical (unpaired) electrons. The lowest BCUT2D eigenvalue weighted by Crippen LogP contribution is -2.21. The largest absolute Gasteiger partial charge is 0.487 e. The third kappa shape index (κ3) is 5.48. The minimum Gasteiger partial charge on any atom is -0.487 e. The van der Waals surface area contributed by atoms with Crippen LogP contribution in [0, 0.1) is 0 Å². The molecule has 0 amide bonds. The Labute approximate surface area is 197 Å². The van der Waals surface area contributed by atoms with Crippen LogP contribution in [0.1, 0.15) is 30.7 Å². The molecule has 0 aliphatic carbocycles. The molecule has 2 aromatic carbocycles. The summed E-state index contributed by atoms with van der Waals surface area (Å²) in [6, 6.07) is 13.3. The Morgan fingerprint density at radius 2 is 1.82 bits per heavy atom. The van der Waals surface area contributed by atoms with E-state index in [1.54, 1.807) is 6.07 Å². The zero-order valence-electron chi connectivity index (χ0n) is 18.5. The van der Waals surface area contributed by atoms with Crippen molar-refractivity contribution in [2.75, 3.05) is 24.2 Å². The van der Waals surface area contributed by atoms with Crippen molar-refractivity contribution in [3.63, 3.8) is 0 Å². The summed E-state index contributed by atoms with van der Waals surface area (Å²) in [7, 11) is -3.45. The molecule has 1 N–H and O–H groups in total. The van der Waals surface area contributed by atoms with E-state index in [1.807, 2.05) is 36.4 Å². The van der Waals surface area contributed by atoms with Crippen LogP contribution in [0.15, 0.2) is 48.7 Å². The number of hydrogen-bond acceptors (Lipinski definition) is 7. The summed E-state index contributed by atoms with van der Waals surface area (Å²) in [4.78, 5) is 8.05. The zero-order chi connectivity index (χ0) is 23.6. The van der Waals surface area contributed by atoms with Gasteiger partial charge in [0.2, 0.25) is 16.0 Å². The molecule has 0 bridgehead atoms. The summed E-state index contributed by atoms with van der Waals surface area (Å²) in [6.45, 7) is 5.38. The number of aromatic nitrogens is 2. The van der Waals surface area contributed by atoms with E-state index >= 15 is 0 Å². The summed E-state index contributed by atoms with van der Waals surface area (Å²) < 4.78 is 42.1. The highest BCUT2D eigenvalue weighted by Crippen LogP contribution is 2.43. The van der Waals surface area contributed by atoms with Gasteiger partial charge in [-0.05, 0) is 41.5 Å². The number of hydrogen-bond donors (Lipinski definition) is 1. The first-order valence-electron chi connectivity index (χ1n) is 10.2. The molecule has 0 saturated heterocycles. The lowest BCUT2D eigenvalue weighted by atomic mass is 9.78. The van der Waals surface area contributed by atoms with Crippen molar-refractivity contribution in [2.24, 2.45) is 0 Å². The van der Waals surface area contributed by atoms with Crippen molar-refractivity contribution in [2.45, 2.75) is 25.9 Å². The Morgan fingerprint density at radius 3 is 2.55 bits per heavy atom. The molecular weight excluding hydrogens is 466 g/mol. The van der Waals surface area contributed by atoms with E-state index in [0.29, 0.717) is 41.2 Å². The van der Waals surface area contributed by atoms with Gasteiger partial charge in [-0.1, -0.05) is 37.6 Å². The van der Waals surface area contributed by atoms with Crippen molar-refractivity contribution < 1.29 is 22.6 Å². The Bertz CT molecular complexity index is 1260. The molecule has 3 aromatic rings. The number of nitrogens with zero attached hydrogens (tertiary/aromatic N) is 2. The summed E-state index contributed by atoms with van der Waals surface area (Å²) in [5.74, 6) is 1.91. The number of sulfonamides is 1. The third-order valence-electron chi connectivity index (χ3n) is 5.27. The third-order valence-corrected chi connectivity index (χ3v) is 6.11. The van der Waals surface area contributed by atoms with Crippen LogP contribution in [-0.2, 0) is 22.0 Å². The maximum absolute atomic E-state index is 11.4. The van der Waals surface area contributed by atoms with Crippen LogP contribution in [-0.4, -0.2) is 37.9 Å². The average molecular weight is 490 g/mol. The smallest absolute Gasteiger partial charge is 0.236 e. The number of rotatable bonds is 7. The topological polar surface area (TPSA) is 99.6 Å². The van der Waals surface area contributed by atoms with E-state index in [1.165, 1.54) is 6.20 Å². The first-order chi connectivity index (χ1) is 15.6. The van der Waals surface area contributed by atoms with Gasteiger partial charge in [0.25, 0.3) is 0 Å². The molecule has 1 aliphatic rings. The minimum atomic E-state index is -3.45. The molecule has 1 aliphatic heterocycles. The van der Waals surface area contributed by atoms with Crippen LogP contribution in [0.5, 0.6) is 17.2 Å². The molecule has 10 heteroatoms. The minimum absolute atomic E-state index is 0.00814. The normalized spacial score (nSPS) is 13.5. The molecule has 0 saturated carbocycles. The first-order valence-corrected chi connectivity index (χ1v) is 12.5. The lowest BCUT2D eigenvalue weighted by Gasteiger charge is -2.29. The molecule has 0 unspecified atom stereocenters.